The number of hydrogen-bond donors (Lipinski definition) is 1. The highest BCUT2D eigenvalue weighted by molar-refractivity contribution is 6.32. The molecule has 0 aliphatic carbocycles. The first-order valence-electron chi connectivity index (χ1n) is 8.70. The Bertz CT molecular complexity index is 975. The van der Waals surface area contributed by atoms with Crippen molar-refractivity contribution >= 4 is 34.7 Å². The van der Waals surface area contributed by atoms with Crippen molar-refractivity contribution in [2.75, 3.05) is 30.4 Å². The van der Waals surface area contributed by atoms with Gasteiger partial charge in [-0.25, -0.2) is 0 Å². The lowest BCUT2D eigenvalue weighted by Gasteiger charge is -2.32. The molecule has 140 valence electrons. The van der Waals surface area contributed by atoms with E-state index >= 15 is 0 Å². The van der Waals surface area contributed by atoms with Gasteiger partial charge in [-0.05, 0) is 43.2 Å². The van der Waals surface area contributed by atoms with E-state index in [1.54, 1.807) is 36.2 Å². The van der Waals surface area contributed by atoms with Crippen LogP contribution >= 0.6 is 11.6 Å². The van der Waals surface area contributed by atoms with Crippen LogP contribution in [0.3, 0.4) is 0 Å². The van der Waals surface area contributed by atoms with Gasteiger partial charge in [-0.1, -0.05) is 11.6 Å². The van der Waals surface area contributed by atoms with Gasteiger partial charge in [0.25, 0.3) is 0 Å². The number of nitrogens with one attached hydrogen (secondary N) is 1. The van der Waals surface area contributed by atoms with Crippen LogP contribution in [-0.2, 0) is 4.79 Å². The van der Waals surface area contributed by atoms with Crippen LogP contribution in [-0.4, -0.2) is 45.9 Å². The van der Waals surface area contributed by atoms with E-state index in [4.69, 9.17) is 16.3 Å². The number of methoxy groups -OCH3 is 1. The van der Waals surface area contributed by atoms with Crippen molar-refractivity contribution in [1.82, 2.24) is 19.8 Å². The highest BCUT2D eigenvalue weighted by Gasteiger charge is 2.27. The molecular formula is C18H19ClN6O2. The van der Waals surface area contributed by atoms with Gasteiger partial charge < -0.3 is 15.0 Å². The number of piperidine rings is 1. The topological polar surface area (TPSA) is 84.6 Å². The summed E-state index contributed by atoms with van der Waals surface area (Å²) < 4.78 is 6.78. The lowest BCUT2D eigenvalue weighted by atomic mass is 9.97. The van der Waals surface area contributed by atoms with Crippen molar-refractivity contribution in [3.05, 3.63) is 41.7 Å². The number of carbonyl (C=O) groups excluding carboxylic acids is 1. The third-order valence-corrected chi connectivity index (χ3v) is 4.98. The minimum Gasteiger partial charge on any atom is -0.495 e. The molecular weight excluding hydrogens is 368 g/mol. The van der Waals surface area contributed by atoms with E-state index in [1.165, 1.54) is 0 Å². The van der Waals surface area contributed by atoms with E-state index in [2.05, 4.69) is 25.5 Å². The average molecular weight is 387 g/mol. The highest BCUT2D eigenvalue weighted by atomic mass is 35.5. The third-order valence-electron chi connectivity index (χ3n) is 4.68. The van der Waals surface area contributed by atoms with Crippen molar-refractivity contribution < 1.29 is 9.53 Å². The Morgan fingerprint density at radius 3 is 3.04 bits per heavy atom. The number of amides is 1. The van der Waals surface area contributed by atoms with Gasteiger partial charge in [-0.15, -0.1) is 15.3 Å². The van der Waals surface area contributed by atoms with E-state index in [9.17, 15) is 4.79 Å². The summed E-state index contributed by atoms with van der Waals surface area (Å²) >= 11 is 6.13. The summed E-state index contributed by atoms with van der Waals surface area (Å²) in [4.78, 5) is 14.8. The monoisotopic (exact) mass is 386 g/mol. The maximum Gasteiger partial charge on any atom is 0.229 e. The molecule has 3 heterocycles. The van der Waals surface area contributed by atoms with Crippen molar-refractivity contribution in [1.29, 1.82) is 0 Å². The van der Waals surface area contributed by atoms with Crippen LogP contribution < -0.4 is 15.0 Å². The molecule has 1 N–H and O–H groups in total. The van der Waals surface area contributed by atoms with E-state index in [-0.39, 0.29) is 11.8 Å². The summed E-state index contributed by atoms with van der Waals surface area (Å²) in [5, 5.41) is 15.7. The second-order valence-electron chi connectivity index (χ2n) is 6.45. The fourth-order valence-electron chi connectivity index (χ4n) is 3.27. The molecule has 1 amide bonds. The van der Waals surface area contributed by atoms with Crippen LogP contribution in [0.25, 0.3) is 5.65 Å². The summed E-state index contributed by atoms with van der Waals surface area (Å²) in [7, 11) is 1.56. The smallest absolute Gasteiger partial charge is 0.229 e. The molecule has 2 aromatic heterocycles. The zero-order chi connectivity index (χ0) is 18.8. The average Bonchev–Trinajstić information content (AvgIpc) is 3.16. The van der Waals surface area contributed by atoms with Gasteiger partial charge in [0.15, 0.2) is 5.65 Å². The van der Waals surface area contributed by atoms with Crippen LogP contribution in [0.1, 0.15) is 12.8 Å². The molecule has 1 aromatic carbocycles. The number of anilines is 2. The minimum absolute atomic E-state index is 0.0219. The molecule has 1 fully saturated rings. The molecule has 9 heteroatoms. The summed E-state index contributed by atoms with van der Waals surface area (Å²) in [5.74, 6) is 1.24. The molecule has 1 aliphatic heterocycles. The number of benzene rings is 1. The van der Waals surface area contributed by atoms with E-state index in [0.29, 0.717) is 28.7 Å². The Kier molecular flexibility index (Phi) is 4.81. The normalized spacial score (nSPS) is 17.1. The highest BCUT2D eigenvalue weighted by Crippen LogP contribution is 2.28. The number of nitrogens with zero attached hydrogens (tertiary/aromatic N) is 5. The first-order valence-corrected chi connectivity index (χ1v) is 9.08. The summed E-state index contributed by atoms with van der Waals surface area (Å²) in [6.07, 6.45) is 3.32. The molecule has 0 bridgehead atoms. The molecule has 27 heavy (non-hydrogen) atoms. The number of rotatable bonds is 4. The molecule has 1 aliphatic rings. The SMILES string of the molecule is COc1ccc(NC(=O)C2CCCN(c3ccc4nncn4n3)C2)cc1Cl. The van der Waals surface area contributed by atoms with Crippen LogP contribution in [0.4, 0.5) is 11.5 Å². The van der Waals surface area contributed by atoms with Gasteiger partial charge in [0.2, 0.25) is 5.91 Å². The standard InChI is InChI=1S/C18H19ClN6O2/c1-27-15-5-4-13(9-14(15)19)21-18(26)12-3-2-8-24(10-12)17-7-6-16-22-20-11-25(16)23-17/h4-7,9,11-12H,2-3,8,10H2,1H3,(H,21,26). The number of hydrogen-bond acceptors (Lipinski definition) is 6. The van der Waals surface area contributed by atoms with E-state index in [1.807, 2.05) is 12.1 Å². The zero-order valence-electron chi connectivity index (χ0n) is 14.8. The van der Waals surface area contributed by atoms with Gasteiger partial charge >= 0.3 is 0 Å². The Hall–Kier alpha value is -2.87. The Morgan fingerprint density at radius 2 is 2.22 bits per heavy atom. The van der Waals surface area contributed by atoms with Gasteiger partial charge in [0.05, 0.1) is 18.1 Å². The molecule has 1 atom stereocenters. The second-order valence-corrected chi connectivity index (χ2v) is 6.86. The number of fused-ring (bicyclic) bond motifs is 1. The van der Waals surface area contributed by atoms with Crippen LogP contribution in [0.2, 0.25) is 5.02 Å². The number of halogens is 1. The number of aromatic nitrogens is 4. The van der Waals surface area contributed by atoms with Gasteiger partial charge in [0.1, 0.15) is 17.9 Å². The van der Waals surface area contributed by atoms with Gasteiger partial charge in [-0.3, -0.25) is 4.79 Å². The molecule has 3 aromatic rings. The van der Waals surface area contributed by atoms with Crippen LogP contribution in [0, 0.1) is 5.92 Å². The first kappa shape index (κ1) is 17.5. The van der Waals surface area contributed by atoms with Gasteiger partial charge in [-0.2, -0.15) is 4.52 Å². The molecule has 1 saturated heterocycles. The minimum atomic E-state index is -0.127. The maximum atomic E-state index is 12.7. The predicted molar refractivity (Wildman–Crippen MR) is 102 cm³/mol. The predicted octanol–water partition coefficient (Wildman–Crippen LogP) is 2.64. The molecule has 0 saturated carbocycles. The molecule has 0 spiro atoms. The fraction of sp³-hybridized carbons (Fsp3) is 0.333. The van der Waals surface area contributed by atoms with E-state index < -0.39 is 0 Å². The Labute approximate surface area is 161 Å². The van der Waals surface area contributed by atoms with E-state index in [0.717, 1.165) is 25.2 Å². The summed E-state index contributed by atoms with van der Waals surface area (Å²) in [6.45, 7) is 1.47. The largest absolute Gasteiger partial charge is 0.495 e. The summed E-state index contributed by atoms with van der Waals surface area (Å²) in [5.41, 5.74) is 1.35. The molecule has 8 nitrogen and oxygen atoms in total. The number of ether oxygens (including phenoxy) is 1. The van der Waals surface area contributed by atoms with Crippen molar-refractivity contribution in [3.8, 4) is 5.75 Å². The van der Waals surface area contributed by atoms with Crippen molar-refractivity contribution in [2.45, 2.75) is 12.8 Å². The van der Waals surface area contributed by atoms with Crippen LogP contribution in [0.5, 0.6) is 5.75 Å². The quantitative estimate of drug-likeness (QED) is 0.742. The van der Waals surface area contributed by atoms with Crippen molar-refractivity contribution in [2.24, 2.45) is 5.92 Å². The molecule has 1 unspecified atom stereocenters. The first-order chi connectivity index (χ1) is 13.1. The second kappa shape index (κ2) is 7.40. The Balaban J connectivity index is 1.45. The lowest BCUT2D eigenvalue weighted by molar-refractivity contribution is -0.120. The lowest BCUT2D eigenvalue weighted by Crippen LogP contribution is -2.41. The summed E-state index contributed by atoms with van der Waals surface area (Å²) in [6, 6.07) is 9.00. The Morgan fingerprint density at radius 1 is 1.33 bits per heavy atom. The molecule has 0 radical (unpaired) electrons. The van der Waals surface area contributed by atoms with Crippen molar-refractivity contribution in [3.63, 3.8) is 0 Å². The number of carbonyl (C=O) groups is 1. The van der Waals surface area contributed by atoms with Crippen LogP contribution in [0.15, 0.2) is 36.7 Å². The molecule has 4 rings (SSSR count). The zero-order valence-corrected chi connectivity index (χ0v) is 15.6. The van der Waals surface area contributed by atoms with Gasteiger partial charge in [0, 0.05) is 18.8 Å². The maximum absolute atomic E-state index is 12.7. The fourth-order valence-corrected chi connectivity index (χ4v) is 3.53. The third kappa shape index (κ3) is 3.66.